The van der Waals surface area contributed by atoms with Gasteiger partial charge in [-0.3, -0.25) is 0 Å². The third-order valence-electron chi connectivity index (χ3n) is 3.00. The number of hydrogen-bond acceptors (Lipinski definition) is 2. The average Bonchev–Trinajstić information content (AvgIpc) is 2.38. The minimum absolute atomic E-state index is 0.246. The van der Waals surface area contributed by atoms with Crippen LogP contribution >= 0.6 is 11.8 Å². The number of benzene rings is 2. The van der Waals surface area contributed by atoms with Crippen molar-refractivity contribution in [3.05, 3.63) is 59.4 Å². The molecule has 0 aromatic heterocycles. The van der Waals surface area contributed by atoms with Gasteiger partial charge < -0.3 is 5.73 Å². The number of hydrogen-bond donors (Lipinski definition) is 1. The lowest BCUT2D eigenvalue weighted by molar-refractivity contribution is 0.603. The monoisotopic (exact) mass is 275 g/mol. The van der Waals surface area contributed by atoms with Crippen molar-refractivity contribution in [1.82, 2.24) is 0 Å². The fourth-order valence-corrected chi connectivity index (χ4v) is 2.67. The van der Waals surface area contributed by atoms with Gasteiger partial charge in [0.25, 0.3) is 0 Å². The van der Waals surface area contributed by atoms with E-state index in [1.807, 2.05) is 0 Å². The average molecular weight is 275 g/mol. The van der Waals surface area contributed by atoms with Crippen LogP contribution in [0.25, 0.3) is 0 Å². The molecule has 19 heavy (non-hydrogen) atoms. The molecule has 2 N–H and O–H groups in total. The minimum atomic E-state index is -0.246. The van der Waals surface area contributed by atoms with Gasteiger partial charge in [-0.1, -0.05) is 38.1 Å². The number of rotatable bonds is 4. The van der Waals surface area contributed by atoms with E-state index in [0.29, 0.717) is 16.5 Å². The van der Waals surface area contributed by atoms with E-state index in [-0.39, 0.29) is 5.82 Å². The number of nitrogens with two attached hydrogens (primary N) is 1. The predicted octanol–water partition coefficient (Wildman–Crippen LogP) is 4.82. The summed E-state index contributed by atoms with van der Waals surface area (Å²) in [4.78, 5) is 0.641. The van der Waals surface area contributed by atoms with E-state index in [9.17, 15) is 4.39 Å². The van der Waals surface area contributed by atoms with Crippen LogP contribution in [0.5, 0.6) is 0 Å². The molecule has 3 heteroatoms. The van der Waals surface area contributed by atoms with E-state index >= 15 is 0 Å². The van der Waals surface area contributed by atoms with Gasteiger partial charge in [0.1, 0.15) is 5.82 Å². The van der Waals surface area contributed by atoms with Gasteiger partial charge in [0.2, 0.25) is 0 Å². The van der Waals surface area contributed by atoms with Gasteiger partial charge in [0.05, 0.1) is 0 Å². The minimum Gasteiger partial charge on any atom is -0.399 e. The zero-order valence-corrected chi connectivity index (χ0v) is 12.0. The summed E-state index contributed by atoms with van der Waals surface area (Å²) < 4.78 is 13.6. The van der Waals surface area contributed by atoms with Crippen LogP contribution in [0.3, 0.4) is 0 Å². The van der Waals surface area contributed by atoms with Crippen molar-refractivity contribution >= 4 is 17.4 Å². The second kappa shape index (κ2) is 6.11. The normalized spacial score (nSPS) is 10.9. The molecule has 0 amide bonds. The van der Waals surface area contributed by atoms with Crippen molar-refractivity contribution in [2.24, 2.45) is 0 Å². The number of anilines is 1. The Hall–Kier alpha value is -1.48. The largest absolute Gasteiger partial charge is 0.399 e. The number of halogens is 1. The molecule has 0 saturated carbocycles. The molecule has 0 aliphatic heterocycles. The Morgan fingerprint density at radius 1 is 1.11 bits per heavy atom. The van der Waals surface area contributed by atoms with Crippen molar-refractivity contribution < 1.29 is 4.39 Å². The van der Waals surface area contributed by atoms with E-state index in [2.05, 4.69) is 38.1 Å². The zero-order chi connectivity index (χ0) is 13.8. The van der Waals surface area contributed by atoms with E-state index in [4.69, 9.17) is 5.73 Å². The molecule has 0 unspecified atom stereocenters. The van der Waals surface area contributed by atoms with Crippen molar-refractivity contribution in [2.45, 2.75) is 30.4 Å². The smallest absolute Gasteiger partial charge is 0.138 e. The topological polar surface area (TPSA) is 26.0 Å². The lowest BCUT2D eigenvalue weighted by Gasteiger charge is -2.07. The Kier molecular flexibility index (Phi) is 4.48. The maximum absolute atomic E-state index is 13.6. The highest BCUT2D eigenvalue weighted by molar-refractivity contribution is 7.98. The lowest BCUT2D eigenvalue weighted by Crippen LogP contribution is -1.90. The summed E-state index contributed by atoms with van der Waals surface area (Å²) in [5.41, 5.74) is 8.52. The van der Waals surface area contributed by atoms with Crippen LogP contribution in [-0.2, 0) is 5.75 Å². The van der Waals surface area contributed by atoms with Gasteiger partial charge in [-0.15, -0.1) is 11.8 Å². The summed E-state index contributed by atoms with van der Waals surface area (Å²) in [6.07, 6.45) is 0. The Balaban J connectivity index is 2.02. The van der Waals surface area contributed by atoms with Crippen LogP contribution in [0.2, 0.25) is 0 Å². The summed E-state index contributed by atoms with van der Waals surface area (Å²) in [5.74, 6) is 1.05. The molecule has 0 fully saturated rings. The summed E-state index contributed by atoms with van der Waals surface area (Å²) in [7, 11) is 0. The third kappa shape index (κ3) is 3.74. The Morgan fingerprint density at radius 2 is 1.79 bits per heavy atom. The molecule has 0 spiro atoms. The Labute approximate surface area is 118 Å². The van der Waals surface area contributed by atoms with Gasteiger partial charge in [-0.05, 0) is 35.2 Å². The summed E-state index contributed by atoms with van der Waals surface area (Å²) in [6, 6.07) is 13.3. The molecule has 2 rings (SSSR count). The highest BCUT2D eigenvalue weighted by atomic mass is 32.2. The molecule has 2 aromatic rings. The molecule has 0 aliphatic carbocycles. The van der Waals surface area contributed by atoms with E-state index in [1.54, 1.807) is 12.1 Å². The first-order chi connectivity index (χ1) is 9.06. The zero-order valence-electron chi connectivity index (χ0n) is 11.2. The van der Waals surface area contributed by atoms with Gasteiger partial charge in [-0.2, -0.15) is 0 Å². The molecule has 0 heterocycles. The molecule has 100 valence electrons. The van der Waals surface area contributed by atoms with Crippen molar-refractivity contribution in [1.29, 1.82) is 0 Å². The van der Waals surface area contributed by atoms with Crippen molar-refractivity contribution in [2.75, 3.05) is 5.73 Å². The second-order valence-electron chi connectivity index (χ2n) is 4.87. The fraction of sp³-hybridized carbons (Fsp3) is 0.250. The van der Waals surface area contributed by atoms with Crippen molar-refractivity contribution in [3.8, 4) is 0 Å². The van der Waals surface area contributed by atoms with Crippen LogP contribution < -0.4 is 5.73 Å². The summed E-state index contributed by atoms with van der Waals surface area (Å²) >= 11 is 1.49. The number of thioether (sulfide) groups is 1. The molecule has 0 saturated heterocycles. The summed E-state index contributed by atoms with van der Waals surface area (Å²) in [5, 5.41) is 0. The second-order valence-corrected chi connectivity index (χ2v) is 5.89. The molecule has 1 nitrogen and oxygen atoms in total. The molecule has 0 bridgehead atoms. The lowest BCUT2D eigenvalue weighted by atomic mass is 10.0. The predicted molar refractivity (Wildman–Crippen MR) is 80.9 cm³/mol. The maximum Gasteiger partial charge on any atom is 0.138 e. The van der Waals surface area contributed by atoms with Crippen LogP contribution in [0, 0.1) is 5.82 Å². The van der Waals surface area contributed by atoms with Gasteiger partial charge >= 0.3 is 0 Å². The Bertz CT molecular complexity index is 549. The fourth-order valence-electron chi connectivity index (χ4n) is 1.79. The van der Waals surface area contributed by atoms with Crippen LogP contribution in [-0.4, -0.2) is 0 Å². The first kappa shape index (κ1) is 13.9. The van der Waals surface area contributed by atoms with Gasteiger partial charge in [0, 0.05) is 16.3 Å². The molecular weight excluding hydrogens is 257 g/mol. The third-order valence-corrected chi connectivity index (χ3v) is 4.12. The molecule has 0 atom stereocenters. The first-order valence-electron chi connectivity index (χ1n) is 6.33. The van der Waals surface area contributed by atoms with Gasteiger partial charge in [0.15, 0.2) is 0 Å². The van der Waals surface area contributed by atoms with Crippen LogP contribution in [0.15, 0.2) is 47.4 Å². The van der Waals surface area contributed by atoms with Crippen LogP contribution in [0.1, 0.15) is 30.9 Å². The van der Waals surface area contributed by atoms with Crippen molar-refractivity contribution in [3.63, 3.8) is 0 Å². The maximum atomic E-state index is 13.6. The van der Waals surface area contributed by atoms with E-state index in [0.717, 1.165) is 5.75 Å². The molecule has 0 aliphatic rings. The molecule has 0 radical (unpaired) electrons. The van der Waals surface area contributed by atoms with Gasteiger partial charge in [-0.25, -0.2) is 4.39 Å². The van der Waals surface area contributed by atoms with E-state index < -0.39 is 0 Å². The van der Waals surface area contributed by atoms with Crippen LogP contribution in [0.4, 0.5) is 10.1 Å². The first-order valence-corrected chi connectivity index (χ1v) is 7.31. The number of nitrogen functional groups attached to an aromatic ring is 1. The molecular formula is C16H18FNS. The SMILES string of the molecule is CC(C)c1ccc(CSc2ccc(N)cc2F)cc1. The highest BCUT2D eigenvalue weighted by Crippen LogP contribution is 2.27. The standard InChI is InChI=1S/C16H18FNS/c1-11(2)13-5-3-12(4-6-13)10-19-16-8-7-14(18)9-15(16)17/h3-9,11H,10,18H2,1-2H3. The quantitative estimate of drug-likeness (QED) is 0.639. The van der Waals surface area contributed by atoms with E-state index in [1.165, 1.54) is 29.0 Å². The summed E-state index contributed by atoms with van der Waals surface area (Å²) in [6.45, 7) is 4.35. The highest BCUT2D eigenvalue weighted by Gasteiger charge is 2.04. The molecule has 2 aromatic carbocycles. The Morgan fingerprint density at radius 3 is 2.37 bits per heavy atom.